The van der Waals surface area contributed by atoms with Gasteiger partial charge in [0.05, 0.1) is 13.2 Å². The van der Waals surface area contributed by atoms with Crippen LogP contribution in [0.2, 0.25) is 0 Å². The van der Waals surface area contributed by atoms with Gasteiger partial charge in [0, 0.05) is 6.54 Å². The van der Waals surface area contributed by atoms with E-state index in [0.717, 1.165) is 0 Å². The summed E-state index contributed by atoms with van der Waals surface area (Å²) in [6.45, 7) is 5.81. The number of rotatable bonds is 7. The lowest BCUT2D eigenvalue weighted by atomic mass is 10.2. The number of hydrogen-bond acceptors (Lipinski definition) is 5. The Morgan fingerprint density at radius 2 is 1.94 bits per heavy atom. The van der Waals surface area contributed by atoms with Crippen LogP contribution in [0.15, 0.2) is 0 Å². The van der Waals surface area contributed by atoms with Crippen LogP contribution in [0.25, 0.3) is 0 Å². The molecule has 0 aromatic rings. The van der Waals surface area contributed by atoms with Crippen molar-refractivity contribution in [2.45, 2.75) is 20.8 Å². The Kier molecular flexibility index (Phi) is 8.13. The molecule has 6 nitrogen and oxygen atoms in total. The number of ether oxygens (including phenoxy) is 2. The van der Waals surface area contributed by atoms with Crippen molar-refractivity contribution < 1.29 is 24.2 Å². The van der Waals surface area contributed by atoms with E-state index >= 15 is 0 Å². The summed E-state index contributed by atoms with van der Waals surface area (Å²) in [5.74, 6) is -0.250. The quantitative estimate of drug-likeness (QED) is 0.668. The molecular weight excluding hydrogens is 226 g/mol. The van der Waals surface area contributed by atoms with Gasteiger partial charge in [-0.3, -0.25) is 9.69 Å². The Labute approximate surface area is 101 Å². The molecule has 0 radical (unpaired) electrons. The van der Waals surface area contributed by atoms with Crippen LogP contribution in [-0.2, 0) is 14.3 Å². The molecule has 0 bridgehead atoms. The van der Waals surface area contributed by atoms with Crippen molar-refractivity contribution in [2.75, 3.05) is 32.9 Å². The second-order valence-corrected chi connectivity index (χ2v) is 3.92. The summed E-state index contributed by atoms with van der Waals surface area (Å²) in [6.07, 6.45) is -0.610. The van der Waals surface area contributed by atoms with E-state index in [-0.39, 0.29) is 32.3 Å². The molecule has 0 fully saturated rings. The minimum absolute atomic E-state index is 0.0732. The van der Waals surface area contributed by atoms with Gasteiger partial charge >= 0.3 is 12.1 Å². The number of carbonyl (C=O) groups is 2. The van der Waals surface area contributed by atoms with Crippen molar-refractivity contribution >= 4 is 12.1 Å². The Morgan fingerprint density at radius 3 is 2.41 bits per heavy atom. The third-order valence-corrected chi connectivity index (χ3v) is 1.79. The highest BCUT2D eigenvalue weighted by atomic mass is 16.6. The fraction of sp³-hybridized carbons (Fsp3) is 0.818. The maximum Gasteiger partial charge on any atom is 0.410 e. The molecule has 6 heteroatoms. The second-order valence-electron chi connectivity index (χ2n) is 3.92. The standard InChI is InChI=1S/C11H21NO5/c1-4-16-10(14)8-12(7-9(2)3)11(15)17-6-5-13/h9,13H,4-8H2,1-3H3. The van der Waals surface area contributed by atoms with Crippen LogP contribution >= 0.6 is 0 Å². The number of carbonyl (C=O) groups excluding carboxylic acids is 2. The summed E-state index contributed by atoms with van der Waals surface area (Å²) in [5, 5.41) is 8.56. The summed E-state index contributed by atoms with van der Waals surface area (Å²) in [4.78, 5) is 24.1. The lowest BCUT2D eigenvalue weighted by Gasteiger charge is -2.22. The van der Waals surface area contributed by atoms with Crippen molar-refractivity contribution in [3.63, 3.8) is 0 Å². The average molecular weight is 247 g/mol. The second kappa shape index (κ2) is 8.81. The zero-order valence-electron chi connectivity index (χ0n) is 10.6. The first kappa shape index (κ1) is 15.7. The molecule has 1 amide bonds. The molecule has 0 rings (SSSR count). The van der Waals surface area contributed by atoms with Gasteiger partial charge in [-0.2, -0.15) is 0 Å². The minimum Gasteiger partial charge on any atom is -0.465 e. The number of aliphatic hydroxyl groups is 1. The molecule has 0 saturated heterocycles. The van der Waals surface area contributed by atoms with E-state index in [0.29, 0.717) is 6.54 Å². The first-order valence-electron chi connectivity index (χ1n) is 5.69. The predicted octanol–water partition coefficient (Wildman–Crippen LogP) is 0.636. The summed E-state index contributed by atoms with van der Waals surface area (Å²) in [5.41, 5.74) is 0. The van der Waals surface area contributed by atoms with Gasteiger partial charge in [-0.25, -0.2) is 4.79 Å². The monoisotopic (exact) mass is 247 g/mol. The zero-order chi connectivity index (χ0) is 13.3. The molecular formula is C11H21NO5. The SMILES string of the molecule is CCOC(=O)CN(CC(C)C)C(=O)OCCO. The maximum absolute atomic E-state index is 11.6. The van der Waals surface area contributed by atoms with Gasteiger partial charge in [-0.1, -0.05) is 13.8 Å². The van der Waals surface area contributed by atoms with Crippen LogP contribution in [0, 0.1) is 5.92 Å². The van der Waals surface area contributed by atoms with Crippen LogP contribution < -0.4 is 0 Å². The van der Waals surface area contributed by atoms with Crippen molar-refractivity contribution in [3.05, 3.63) is 0 Å². The molecule has 0 heterocycles. The van der Waals surface area contributed by atoms with Crippen molar-refractivity contribution in [1.82, 2.24) is 4.90 Å². The zero-order valence-corrected chi connectivity index (χ0v) is 10.6. The lowest BCUT2D eigenvalue weighted by Crippen LogP contribution is -2.39. The van der Waals surface area contributed by atoms with Gasteiger partial charge in [0.15, 0.2) is 0 Å². The van der Waals surface area contributed by atoms with Crippen molar-refractivity contribution in [1.29, 1.82) is 0 Å². The molecule has 1 N–H and O–H groups in total. The van der Waals surface area contributed by atoms with E-state index in [1.54, 1.807) is 6.92 Å². The summed E-state index contributed by atoms with van der Waals surface area (Å²) in [7, 11) is 0. The van der Waals surface area contributed by atoms with Crippen molar-refractivity contribution in [2.24, 2.45) is 5.92 Å². The van der Waals surface area contributed by atoms with Gasteiger partial charge in [0.25, 0.3) is 0 Å². The van der Waals surface area contributed by atoms with E-state index < -0.39 is 12.1 Å². The number of esters is 1. The van der Waals surface area contributed by atoms with Crippen LogP contribution in [0.4, 0.5) is 4.79 Å². The van der Waals surface area contributed by atoms with E-state index in [1.807, 2.05) is 13.8 Å². The van der Waals surface area contributed by atoms with Crippen LogP contribution in [0.5, 0.6) is 0 Å². The largest absolute Gasteiger partial charge is 0.465 e. The summed E-state index contributed by atoms with van der Waals surface area (Å²) in [6, 6.07) is 0. The molecule has 0 saturated carbocycles. The highest BCUT2D eigenvalue weighted by Crippen LogP contribution is 2.02. The average Bonchev–Trinajstić information content (AvgIpc) is 2.24. The van der Waals surface area contributed by atoms with Gasteiger partial charge in [0.1, 0.15) is 13.2 Å². The van der Waals surface area contributed by atoms with Gasteiger partial charge in [-0.15, -0.1) is 0 Å². The van der Waals surface area contributed by atoms with E-state index in [9.17, 15) is 9.59 Å². The molecule has 0 spiro atoms. The molecule has 0 aromatic carbocycles. The predicted molar refractivity (Wildman–Crippen MR) is 61.5 cm³/mol. The van der Waals surface area contributed by atoms with Gasteiger partial charge in [0.2, 0.25) is 0 Å². The molecule has 17 heavy (non-hydrogen) atoms. The first-order chi connectivity index (χ1) is 8.01. The van der Waals surface area contributed by atoms with Crippen LogP contribution in [-0.4, -0.2) is 55.0 Å². The Morgan fingerprint density at radius 1 is 1.29 bits per heavy atom. The molecule has 0 aliphatic rings. The highest BCUT2D eigenvalue weighted by molar-refractivity contribution is 5.78. The van der Waals surface area contributed by atoms with Crippen LogP contribution in [0.1, 0.15) is 20.8 Å². The number of nitrogens with zero attached hydrogens (tertiary/aromatic N) is 1. The first-order valence-corrected chi connectivity index (χ1v) is 5.69. The summed E-state index contributed by atoms with van der Waals surface area (Å²) < 4.78 is 9.53. The van der Waals surface area contributed by atoms with Crippen LogP contribution in [0.3, 0.4) is 0 Å². The molecule has 0 aromatic heterocycles. The molecule has 0 aliphatic heterocycles. The normalized spacial score (nSPS) is 10.2. The fourth-order valence-corrected chi connectivity index (χ4v) is 1.23. The lowest BCUT2D eigenvalue weighted by molar-refractivity contribution is -0.144. The Balaban J connectivity index is 4.31. The van der Waals surface area contributed by atoms with E-state index in [1.165, 1.54) is 4.90 Å². The third-order valence-electron chi connectivity index (χ3n) is 1.79. The van der Waals surface area contributed by atoms with Gasteiger partial charge in [-0.05, 0) is 12.8 Å². The number of aliphatic hydroxyl groups excluding tert-OH is 1. The van der Waals surface area contributed by atoms with Crippen molar-refractivity contribution in [3.8, 4) is 0 Å². The molecule has 0 atom stereocenters. The molecule has 0 unspecified atom stereocenters. The minimum atomic E-state index is -0.610. The van der Waals surface area contributed by atoms with E-state index in [4.69, 9.17) is 14.6 Å². The maximum atomic E-state index is 11.6. The number of amides is 1. The molecule has 0 aliphatic carbocycles. The fourth-order valence-electron chi connectivity index (χ4n) is 1.23. The Bertz CT molecular complexity index is 242. The third kappa shape index (κ3) is 7.57. The number of hydrogen-bond donors (Lipinski definition) is 1. The topological polar surface area (TPSA) is 76.1 Å². The summed E-state index contributed by atoms with van der Waals surface area (Å²) >= 11 is 0. The molecule has 100 valence electrons. The van der Waals surface area contributed by atoms with Gasteiger partial charge < -0.3 is 14.6 Å². The van der Waals surface area contributed by atoms with E-state index in [2.05, 4.69) is 0 Å². The Hall–Kier alpha value is -1.30. The smallest absolute Gasteiger partial charge is 0.410 e. The highest BCUT2D eigenvalue weighted by Gasteiger charge is 2.20.